The van der Waals surface area contributed by atoms with E-state index in [4.69, 9.17) is 0 Å². The number of rotatable bonds is 0. The van der Waals surface area contributed by atoms with Crippen LogP contribution >= 0.6 is 0 Å². The van der Waals surface area contributed by atoms with Gasteiger partial charge in [0.1, 0.15) is 0 Å². The summed E-state index contributed by atoms with van der Waals surface area (Å²) >= 11 is 0. The third-order valence-electron chi connectivity index (χ3n) is 2.70. The van der Waals surface area contributed by atoms with Crippen LogP contribution in [-0.2, 0) is 0 Å². The molecule has 0 heterocycles. The molecule has 58 valence electrons. The molecule has 0 aromatic heterocycles. The molecule has 0 aromatic rings. The lowest BCUT2D eigenvalue weighted by atomic mass is 9.86. The predicted octanol–water partition coefficient (Wildman–Crippen LogP) is 3.07. The van der Waals surface area contributed by atoms with Crippen molar-refractivity contribution in [3.8, 4) is 0 Å². The molecule has 3 aliphatic rings. The molecule has 0 aliphatic heterocycles. The zero-order chi connectivity index (χ0) is 7.97. The van der Waals surface area contributed by atoms with Crippen molar-refractivity contribution in [2.45, 2.75) is 12.8 Å². The lowest BCUT2D eigenvalue weighted by Gasteiger charge is -2.19. The molecule has 0 radical (unpaired) electrons. The molecule has 0 bridgehead atoms. The van der Waals surface area contributed by atoms with Gasteiger partial charge in [0, 0.05) is 0 Å². The molecule has 3 aliphatic carbocycles. The molecule has 0 aromatic carbocycles. The Morgan fingerprint density at radius 1 is 0.833 bits per heavy atom. The summed E-state index contributed by atoms with van der Waals surface area (Å²) in [6, 6.07) is 0. The van der Waals surface area contributed by atoms with E-state index in [-0.39, 0.29) is 0 Å². The monoisotopic (exact) mass is 154 g/mol. The van der Waals surface area contributed by atoms with Crippen molar-refractivity contribution in [1.29, 1.82) is 0 Å². The van der Waals surface area contributed by atoms with E-state index in [0.29, 0.717) is 0 Å². The summed E-state index contributed by atoms with van der Waals surface area (Å²) in [5, 5.41) is 0. The van der Waals surface area contributed by atoms with Crippen LogP contribution in [0.3, 0.4) is 0 Å². The fourth-order valence-electron chi connectivity index (χ4n) is 2.14. The average Bonchev–Trinajstić information content (AvgIpc) is 2.52. The van der Waals surface area contributed by atoms with Crippen molar-refractivity contribution in [1.82, 2.24) is 0 Å². The molecule has 0 amide bonds. The predicted molar refractivity (Wildman–Crippen MR) is 50.7 cm³/mol. The van der Waals surface area contributed by atoms with E-state index in [1.807, 2.05) is 0 Å². The largest absolute Gasteiger partial charge is 0.0798 e. The van der Waals surface area contributed by atoms with Gasteiger partial charge in [0.25, 0.3) is 0 Å². The molecular weight excluding hydrogens is 144 g/mol. The lowest BCUT2D eigenvalue weighted by molar-refractivity contribution is 1.04. The van der Waals surface area contributed by atoms with Crippen molar-refractivity contribution in [3.05, 3.63) is 58.7 Å². The molecule has 0 nitrogen and oxygen atoms in total. The molecule has 0 fully saturated rings. The first kappa shape index (κ1) is 6.24. The molecule has 0 saturated heterocycles. The average molecular weight is 154 g/mol. The summed E-state index contributed by atoms with van der Waals surface area (Å²) in [6.07, 6.45) is 15.7. The van der Waals surface area contributed by atoms with Gasteiger partial charge in [-0.2, -0.15) is 0 Å². The van der Waals surface area contributed by atoms with E-state index in [1.165, 1.54) is 16.7 Å². The van der Waals surface area contributed by atoms with Crippen molar-refractivity contribution in [3.63, 3.8) is 0 Å². The van der Waals surface area contributed by atoms with Crippen molar-refractivity contribution in [2.75, 3.05) is 0 Å². The van der Waals surface area contributed by atoms with E-state index in [2.05, 4.69) is 36.5 Å². The van der Waals surface area contributed by atoms with E-state index >= 15 is 0 Å². The van der Waals surface area contributed by atoms with Gasteiger partial charge in [0.05, 0.1) is 0 Å². The fraction of sp³-hybridized carbons (Fsp3) is 0.167. The second-order valence-electron chi connectivity index (χ2n) is 3.44. The van der Waals surface area contributed by atoms with Gasteiger partial charge in [0.2, 0.25) is 0 Å². The Morgan fingerprint density at radius 2 is 1.42 bits per heavy atom. The highest BCUT2D eigenvalue weighted by Gasteiger charge is 2.20. The minimum atomic E-state index is 1.15. The molecule has 12 heavy (non-hydrogen) atoms. The highest BCUT2D eigenvalue weighted by molar-refractivity contribution is 5.68. The summed E-state index contributed by atoms with van der Waals surface area (Å²) in [4.78, 5) is 0. The first-order chi connectivity index (χ1) is 5.95. The molecule has 0 atom stereocenters. The molecule has 0 spiro atoms. The van der Waals surface area contributed by atoms with Crippen LogP contribution in [0.1, 0.15) is 12.8 Å². The Labute approximate surface area is 72.3 Å². The SMILES string of the molecule is C1=CC2=CC=C3C=CCC(=C23)C1. The first-order valence-corrected chi connectivity index (χ1v) is 4.43. The summed E-state index contributed by atoms with van der Waals surface area (Å²) in [6.45, 7) is 0. The topological polar surface area (TPSA) is 0 Å². The van der Waals surface area contributed by atoms with Crippen molar-refractivity contribution in [2.24, 2.45) is 0 Å². The van der Waals surface area contributed by atoms with Crippen LogP contribution < -0.4 is 0 Å². The van der Waals surface area contributed by atoms with Crippen LogP contribution in [0, 0.1) is 0 Å². The van der Waals surface area contributed by atoms with Crippen molar-refractivity contribution < 1.29 is 0 Å². The van der Waals surface area contributed by atoms with Gasteiger partial charge in [0.15, 0.2) is 0 Å². The molecule has 0 heteroatoms. The van der Waals surface area contributed by atoms with Crippen LogP contribution in [0.25, 0.3) is 0 Å². The molecule has 0 saturated carbocycles. The third kappa shape index (κ3) is 0.672. The van der Waals surface area contributed by atoms with Gasteiger partial charge in [-0.1, -0.05) is 42.0 Å². The quantitative estimate of drug-likeness (QED) is 0.503. The lowest BCUT2D eigenvalue weighted by Crippen LogP contribution is -2.00. The number of hydrogen-bond acceptors (Lipinski definition) is 0. The zero-order valence-corrected chi connectivity index (χ0v) is 6.88. The van der Waals surface area contributed by atoms with E-state index < -0.39 is 0 Å². The Kier molecular flexibility index (Phi) is 1.09. The Bertz CT molecular complexity index is 348. The van der Waals surface area contributed by atoms with Crippen LogP contribution in [0.15, 0.2) is 58.7 Å². The molecule has 0 unspecified atom stereocenters. The molecule has 3 rings (SSSR count). The summed E-state index contributed by atoms with van der Waals surface area (Å²) in [5.74, 6) is 0. The number of allylic oxidation sites excluding steroid dienone is 10. The first-order valence-electron chi connectivity index (χ1n) is 4.43. The fourth-order valence-corrected chi connectivity index (χ4v) is 2.14. The maximum atomic E-state index is 2.26. The van der Waals surface area contributed by atoms with Crippen LogP contribution in [-0.4, -0.2) is 0 Å². The van der Waals surface area contributed by atoms with Gasteiger partial charge in [-0.25, -0.2) is 0 Å². The van der Waals surface area contributed by atoms with E-state index in [0.717, 1.165) is 12.8 Å². The van der Waals surface area contributed by atoms with Crippen LogP contribution in [0.4, 0.5) is 0 Å². The van der Waals surface area contributed by atoms with Crippen LogP contribution in [0.5, 0.6) is 0 Å². The molecular formula is C12H10. The highest BCUT2D eigenvalue weighted by atomic mass is 14.2. The van der Waals surface area contributed by atoms with Gasteiger partial charge in [-0.15, -0.1) is 0 Å². The Hall–Kier alpha value is -1.30. The van der Waals surface area contributed by atoms with E-state index in [1.54, 1.807) is 5.57 Å². The highest BCUT2D eigenvalue weighted by Crippen LogP contribution is 2.39. The standard InChI is InChI=1S/C12H10/c1-3-9-4-2-6-11-8-7-10(5-1)12(9)11/h1-2,5-8H,3-4H2. The minimum Gasteiger partial charge on any atom is -0.0798 e. The normalized spacial score (nSPS) is 24.0. The maximum absolute atomic E-state index is 2.26. The van der Waals surface area contributed by atoms with Crippen LogP contribution in [0.2, 0.25) is 0 Å². The van der Waals surface area contributed by atoms with Crippen molar-refractivity contribution >= 4 is 0 Å². The van der Waals surface area contributed by atoms with Gasteiger partial charge in [-0.05, 0) is 29.6 Å². The number of hydrogen-bond donors (Lipinski definition) is 0. The summed E-state index contributed by atoms with van der Waals surface area (Å²) in [5.41, 5.74) is 5.93. The zero-order valence-electron chi connectivity index (χ0n) is 6.88. The Morgan fingerprint density at radius 3 is 2.00 bits per heavy atom. The second kappa shape index (κ2) is 2.10. The Balaban J connectivity index is 2.22. The molecule has 0 N–H and O–H groups in total. The smallest absolute Gasteiger partial charge is 0.0113 e. The maximum Gasteiger partial charge on any atom is -0.0113 e. The van der Waals surface area contributed by atoms with Gasteiger partial charge >= 0.3 is 0 Å². The van der Waals surface area contributed by atoms with Gasteiger partial charge in [-0.3, -0.25) is 0 Å². The van der Waals surface area contributed by atoms with E-state index in [9.17, 15) is 0 Å². The third-order valence-corrected chi connectivity index (χ3v) is 2.70. The summed E-state index contributed by atoms with van der Waals surface area (Å²) in [7, 11) is 0. The van der Waals surface area contributed by atoms with Gasteiger partial charge < -0.3 is 0 Å². The minimum absolute atomic E-state index is 1.15. The summed E-state index contributed by atoms with van der Waals surface area (Å²) < 4.78 is 0. The second-order valence-corrected chi connectivity index (χ2v) is 3.44.